The molecule has 1 saturated heterocycles. The Morgan fingerprint density at radius 3 is 2.36 bits per heavy atom. The Morgan fingerprint density at radius 2 is 1.77 bits per heavy atom. The molecule has 1 aromatic rings. The van der Waals surface area contributed by atoms with Crippen LogP contribution in [0.2, 0.25) is 0 Å². The van der Waals surface area contributed by atoms with Crippen molar-refractivity contribution < 1.29 is 0 Å². The molecule has 0 radical (unpaired) electrons. The predicted octanol–water partition coefficient (Wildman–Crippen LogP) is 3.32. The van der Waals surface area contributed by atoms with Crippen molar-refractivity contribution >= 4 is 35.6 Å². The molecule has 22 heavy (non-hydrogen) atoms. The number of anilines is 1. The highest BCUT2D eigenvalue weighted by Crippen LogP contribution is 2.14. The van der Waals surface area contributed by atoms with E-state index in [0.29, 0.717) is 12.0 Å². The Labute approximate surface area is 151 Å². The third-order valence-corrected chi connectivity index (χ3v) is 4.27. The summed E-state index contributed by atoms with van der Waals surface area (Å²) in [6, 6.07) is 10.7. The van der Waals surface area contributed by atoms with E-state index in [2.05, 4.69) is 53.0 Å². The Bertz CT molecular complexity index is 441. The minimum Gasteiger partial charge on any atom is -0.370 e. The second-order valence-corrected chi connectivity index (χ2v) is 5.90. The van der Waals surface area contributed by atoms with Crippen molar-refractivity contribution in [2.45, 2.75) is 38.6 Å². The molecule has 1 aliphatic rings. The molecule has 0 spiro atoms. The maximum Gasteiger partial charge on any atom is 0.191 e. The lowest BCUT2D eigenvalue weighted by Crippen LogP contribution is -2.39. The SMILES string of the molecule is CC(CN=C(N)N1CCCCCC1)N(C)c1ccccc1.I. The van der Waals surface area contributed by atoms with Gasteiger partial charge in [-0.05, 0) is 31.9 Å². The van der Waals surface area contributed by atoms with Crippen molar-refractivity contribution in [1.29, 1.82) is 0 Å². The van der Waals surface area contributed by atoms with Gasteiger partial charge in [0.15, 0.2) is 5.96 Å². The second kappa shape index (κ2) is 9.92. The Morgan fingerprint density at radius 1 is 1.18 bits per heavy atom. The van der Waals surface area contributed by atoms with Crippen LogP contribution in [0.1, 0.15) is 32.6 Å². The van der Waals surface area contributed by atoms with Gasteiger partial charge in [0.25, 0.3) is 0 Å². The zero-order valence-corrected chi connectivity index (χ0v) is 16.1. The molecule has 1 atom stereocenters. The first-order chi connectivity index (χ1) is 10.2. The van der Waals surface area contributed by atoms with E-state index in [1.165, 1.54) is 31.4 Å². The van der Waals surface area contributed by atoms with Crippen LogP contribution in [0.4, 0.5) is 5.69 Å². The molecule has 2 rings (SSSR count). The highest BCUT2D eigenvalue weighted by atomic mass is 127. The van der Waals surface area contributed by atoms with E-state index in [-0.39, 0.29) is 24.0 Å². The number of aliphatic imine (C=N–C) groups is 1. The van der Waals surface area contributed by atoms with Crippen LogP contribution in [-0.4, -0.2) is 43.6 Å². The van der Waals surface area contributed by atoms with Crippen molar-refractivity contribution in [2.75, 3.05) is 31.6 Å². The van der Waals surface area contributed by atoms with Crippen molar-refractivity contribution in [3.05, 3.63) is 30.3 Å². The molecule has 1 aromatic carbocycles. The maximum absolute atomic E-state index is 6.16. The molecule has 0 amide bonds. The zero-order valence-electron chi connectivity index (χ0n) is 13.7. The number of nitrogens with zero attached hydrogens (tertiary/aromatic N) is 3. The second-order valence-electron chi connectivity index (χ2n) is 5.90. The summed E-state index contributed by atoms with van der Waals surface area (Å²) in [4.78, 5) is 9.10. The number of likely N-dealkylation sites (N-methyl/N-ethyl adjacent to an activating group) is 1. The zero-order chi connectivity index (χ0) is 15.1. The summed E-state index contributed by atoms with van der Waals surface area (Å²) in [5, 5.41) is 0. The molecule has 124 valence electrons. The first-order valence-electron chi connectivity index (χ1n) is 8.01. The number of nitrogens with two attached hydrogens (primary N) is 1. The minimum absolute atomic E-state index is 0. The van der Waals surface area contributed by atoms with Gasteiger partial charge in [0.05, 0.1) is 6.54 Å². The first kappa shape index (κ1) is 19.1. The summed E-state index contributed by atoms with van der Waals surface area (Å²) >= 11 is 0. The van der Waals surface area contributed by atoms with Crippen molar-refractivity contribution in [3.63, 3.8) is 0 Å². The lowest BCUT2D eigenvalue weighted by Gasteiger charge is -2.27. The molecule has 2 N–H and O–H groups in total. The predicted molar refractivity (Wildman–Crippen MR) is 106 cm³/mol. The molecule has 4 nitrogen and oxygen atoms in total. The van der Waals surface area contributed by atoms with Crippen LogP contribution in [-0.2, 0) is 0 Å². The molecule has 1 heterocycles. The fourth-order valence-corrected chi connectivity index (χ4v) is 2.67. The normalized spacial score (nSPS) is 17.4. The van der Waals surface area contributed by atoms with E-state index in [4.69, 9.17) is 5.73 Å². The monoisotopic (exact) mass is 416 g/mol. The van der Waals surface area contributed by atoms with Crippen LogP contribution in [0.25, 0.3) is 0 Å². The number of rotatable bonds is 4. The van der Waals surface area contributed by atoms with Crippen LogP contribution in [0.15, 0.2) is 35.3 Å². The topological polar surface area (TPSA) is 44.9 Å². The molecule has 1 unspecified atom stereocenters. The number of halogens is 1. The van der Waals surface area contributed by atoms with Crippen molar-refractivity contribution in [1.82, 2.24) is 4.90 Å². The summed E-state index contributed by atoms with van der Waals surface area (Å²) in [6.45, 7) is 5.02. The number of guanidine groups is 1. The summed E-state index contributed by atoms with van der Waals surface area (Å²) in [5.41, 5.74) is 7.38. The summed E-state index contributed by atoms with van der Waals surface area (Å²) in [7, 11) is 2.11. The van der Waals surface area contributed by atoms with E-state index in [0.717, 1.165) is 19.6 Å². The third kappa shape index (κ3) is 5.66. The van der Waals surface area contributed by atoms with Crippen LogP contribution in [0.5, 0.6) is 0 Å². The van der Waals surface area contributed by atoms with E-state index >= 15 is 0 Å². The Kier molecular flexibility index (Phi) is 8.60. The molecule has 0 saturated carbocycles. The van der Waals surface area contributed by atoms with E-state index in [9.17, 15) is 0 Å². The maximum atomic E-state index is 6.16. The Balaban J connectivity index is 0.00000242. The van der Waals surface area contributed by atoms with Gasteiger partial charge >= 0.3 is 0 Å². The molecule has 1 aliphatic heterocycles. The van der Waals surface area contributed by atoms with Crippen molar-refractivity contribution in [3.8, 4) is 0 Å². The fraction of sp³-hybridized carbons (Fsp3) is 0.588. The molecule has 5 heteroatoms. The van der Waals surface area contributed by atoms with Gasteiger partial charge in [0.2, 0.25) is 0 Å². The lowest BCUT2D eigenvalue weighted by atomic mass is 10.2. The molecular weight excluding hydrogens is 387 g/mol. The minimum atomic E-state index is 0. The van der Waals surface area contributed by atoms with E-state index in [1.54, 1.807) is 0 Å². The van der Waals surface area contributed by atoms with Gasteiger partial charge in [-0.3, -0.25) is 4.99 Å². The van der Waals surface area contributed by atoms with Crippen LogP contribution in [0.3, 0.4) is 0 Å². The van der Waals surface area contributed by atoms with Gasteiger partial charge in [-0.25, -0.2) is 0 Å². The van der Waals surface area contributed by atoms with Crippen LogP contribution < -0.4 is 10.6 Å². The summed E-state index contributed by atoms with van der Waals surface area (Å²) < 4.78 is 0. The van der Waals surface area contributed by atoms with Gasteiger partial charge in [-0.1, -0.05) is 31.0 Å². The number of para-hydroxylation sites is 1. The molecule has 1 fully saturated rings. The number of likely N-dealkylation sites (tertiary alicyclic amines) is 1. The Hall–Kier alpha value is -0.980. The number of hydrogen-bond acceptors (Lipinski definition) is 2. The molecule has 0 aliphatic carbocycles. The average Bonchev–Trinajstić information content (AvgIpc) is 2.81. The molecule has 0 bridgehead atoms. The summed E-state index contributed by atoms with van der Waals surface area (Å²) in [6.07, 6.45) is 5.10. The van der Waals surface area contributed by atoms with Gasteiger partial charge in [0, 0.05) is 31.9 Å². The van der Waals surface area contributed by atoms with Crippen LogP contribution >= 0.6 is 24.0 Å². The molecular formula is C17H29IN4. The number of hydrogen-bond donors (Lipinski definition) is 1. The lowest BCUT2D eigenvalue weighted by molar-refractivity contribution is 0.428. The quantitative estimate of drug-likeness (QED) is 0.465. The third-order valence-electron chi connectivity index (χ3n) is 4.27. The van der Waals surface area contributed by atoms with Crippen molar-refractivity contribution in [2.24, 2.45) is 10.7 Å². The largest absolute Gasteiger partial charge is 0.370 e. The van der Waals surface area contributed by atoms with Gasteiger partial charge < -0.3 is 15.5 Å². The average molecular weight is 416 g/mol. The summed E-state index contributed by atoms with van der Waals surface area (Å²) in [5.74, 6) is 0.713. The standard InChI is InChI=1S/C17H28N4.HI/c1-15(20(2)16-10-6-5-7-11-16)14-19-17(18)21-12-8-3-4-9-13-21;/h5-7,10-11,15H,3-4,8-9,12-14H2,1-2H3,(H2,18,19);1H. The highest BCUT2D eigenvalue weighted by molar-refractivity contribution is 14.0. The van der Waals surface area contributed by atoms with Gasteiger partial charge in [-0.15, -0.1) is 24.0 Å². The van der Waals surface area contributed by atoms with E-state index in [1.807, 2.05) is 6.07 Å². The highest BCUT2D eigenvalue weighted by Gasteiger charge is 2.13. The first-order valence-corrected chi connectivity index (χ1v) is 8.01. The smallest absolute Gasteiger partial charge is 0.191 e. The van der Waals surface area contributed by atoms with Crippen LogP contribution in [0, 0.1) is 0 Å². The fourth-order valence-electron chi connectivity index (χ4n) is 2.67. The molecule has 0 aromatic heterocycles. The van der Waals surface area contributed by atoms with Gasteiger partial charge in [0.1, 0.15) is 0 Å². The van der Waals surface area contributed by atoms with Gasteiger partial charge in [-0.2, -0.15) is 0 Å². The number of benzene rings is 1. The van der Waals surface area contributed by atoms with E-state index < -0.39 is 0 Å².